The molecule has 1 saturated carbocycles. The normalized spacial score (nSPS) is 22.9. The maximum atomic E-state index is 5.64. The number of nitrogens with one attached hydrogen (secondary N) is 1. The van der Waals surface area contributed by atoms with Crippen LogP contribution in [0, 0.1) is 5.92 Å². The van der Waals surface area contributed by atoms with Crippen LogP contribution in [0.15, 0.2) is 16.7 Å². The number of hydrogen-bond acceptors (Lipinski definition) is 3. The van der Waals surface area contributed by atoms with Gasteiger partial charge in [0.2, 0.25) is 0 Å². The molecule has 1 heterocycles. The first kappa shape index (κ1) is 16.6. The van der Waals surface area contributed by atoms with Gasteiger partial charge in [-0.3, -0.25) is 4.90 Å². The van der Waals surface area contributed by atoms with E-state index in [2.05, 4.69) is 37.2 Å². The highest BCUT2D eigenvalue weighted by molar-refractivity contribution is 5.17. The predicted octanol–water partition coefficient (Wildman–Crippen LogP) is 4.18. The van der Waals surface area contributed by atoms with Gasteiger partial charge in [0, 0.05) is 18.2 Å². The van der Waals surface area contributed by atoms with Gasteiger partial charge in [0.1, 0.15) is 5.76 Å². The van der Waals surface area contributed by atoms with Gasteiger partial charge in [0.25, 0.3) is 0 Å². The fraction of sp³-hybridized carbons (Fsp3) is 0.778. The molecule has 1 fully saturated rings. The molecule has 0 spiro atoms. The molecule has 1 aliphatic carbocycles. The van der Waals surface area contributed by atoms with E-state index in [9.17, 15) is 0 Å². The molecule has 1 aliphatic rings. The first-order valence-electron chi connectivity index (χ1n) is 8.70. The molecule has 0 aliphatic heterocycles. The van der Waals surface area contributed by atoms with Gasteiger partial charge in [-0.05, 0) is 57.7 Å². The highest BCUT2D eigenvalue weighted by Gasteiger charge is 2.23. The highest BCUT2D eigenvalue weighted by Crippen LogP contribution is 2.29. The Hall–Kier alpha value is -0.800. The molecule has 2 rings (SSSR count). The molecule has 0 atom stereocenters. The van der Waals surface area contributed by atoms with Crippen LogP contribution in [0.5, 0.6) is 0 Å². The van der Waals surface area contributed by atoms with Gasteiger partial charge in [-0.15, -0.1) is 0 Å². The average Bonchev–Trinajstić information content (AvgIpc) is 2.95. The summed E-state index contributed by atoms with van der Waals surface area (Å²) in [5.41, 5.74) is 1.35. The first-order valence-corrected chi connectivity index (χ1v) is 8.70. The van der Waals surface area contributed by atoms with Crippen LogP contribution in [0.1, 0.15) is 63.7 Å². The zero-order chi connectivity index (χ0) is 15.1. The quantitative estimate of drug-likeness (QED) is 0.729. The Morgan fingerprint density at radius 2 is 2.00 bits per heavy atom. The van der Waals surface area contributed by atoms with E-state index < -0.39 is 0 Å². The SMILES string of the molecule is CCCNCc1occc1CN(C)C1CCC(CC)CC1. The van der Waals surface area contributed by atoms with Crippen LogP contribution in [0.4, 0.5) is 0 Å². The lowest BCUT2D eigenvalue weighted by Crippen LogP contribution is -2.34. The van der Waals surface area contributed by atoms with Gasteiger partial charge >= 0.3 is 0 Å². The van der Waals surface area contributed by atoms with Gasteiger partial charge in [-0.2, -0.15) is 0 Å². The Morgan fingerprint density at radius 1 is 1.24 bits per heavy atom. The van der Waals surface area contributed by atoms with Gasteiger partial charge in [-0.25, -0.2) is 0 Å². The van der Waals surface area contributed by atoms with Crippen molar-refractivity contribution in [2.75, 3.05) is 13.6 Å². The summed E-state index contributed by atoms with van der Waals surface area (Å²) in [6, 6.07) is 2.89. The molecule has 0 aromatic carbocycles. The second-order valence-corrected chi connectivity index (χ2v) is 6.54. The van der Waals surface area contributed by atoms with Crippen molar-refractivity contribution < 1.29 is 4.42 Å². The minimum atomic E-state index is 0.749. The summed E-state index contributed by atoms with van der Waals surface area (Å²) in [6.45, 7) is 7.44. The van der Waals surface area contributed by atoms with E-state index in [4.69, 9.17) is 4.42 Å². The van der Waals surface area contributed by atoms with Gasteiger partial charge in [-0.1, -0.05) is 20.3 Å². The number of hydrogen-bond donors (Lipinski definition) is 1. The Balaban J connectivity index is 1.82. The lowest BCUT2D eigenvalue weighted by Gasteiger charge is -2.34. The molecule has 3 heteroatoms. The third-order valence-corrected chi connectivity index (χ3v) is 4.99. The molecule has 1 N–H and O–H groups in total. The molecule has 0 saturated heterocycles. The summed E-state index contributed by atoms with van der Waals surface area (Å²) < 4.78 is 5.64. The zero-order valence-electron chi connectivity index (χ0n) is 14.0. The summed E-state index contributed by atoms with van der Waals surface area (Å²) >= 11 is 0. The molecule has 0 bridgehead atoms. The van der Waals surface area contributed by atoms with E-state index in [0.717, 1.165) is 43.8 Å². The summed E-state index contributed by atoms with van der Waals surface area (Å²) in [6.07, 6.45) is 9.87. The summed E-state index contributed by atoms with van der Waals surface area (Å²) in [4.78, 5) is 2.53. The third kappa shape index (κ3) is 4.86. The van der Waals surface area contributed by atoms with Crippen molar-refractivity contribution in [3.8, 4) is 0 Å². The van der Waals surface area contributed by atoms with E-state index in [-0.39, 0.29) is 0 Å². The van der Waals surface area contributed by atoms with E-state index in [0.29, 0.717) is 0 Å². The van der Waals surface area contributed by atoms with Crippen LogP contribution in [-0.2, 0) is 13.1 Å². The van der Waals surface area contributed by atoms with Crippen LogP contribution in [0.25, 0.3) is 0 Å². The van der Waals surface area contributed by atoms with Crippen molar-refractivity contribution in [2.45, 2.75) is 71.5 Å². The van der Waals surface area contributed by atoms with Crippen molar-refractivity contribution in [2.24, 2.45) is 5.92 Å². The van der Waals surface area contributed by atoms with Gasteiger partial charge in [0.05, 0.1) is 12.8 Å². The highest BCUT2D eigenvalue weighted by atomic mass is 16.3. The molecule has 3 nitrogen and oxygen atoms in total. The average molecular weight is 292 g/mol. The standard InChI is InChI=1S/C18H32N2O/c1-4-11-19-13-18-16(10-12-21-18)14-20(3)17-8-6-15(5-2)7-9-17/h10,12,15,17,19H,4-9,11,13-14H2,1-3H3. The second kappa shape index (κ2) is 8.60. The fourth-order valence-corrected chi connectivity index (χ4v) is 3.43. The smallest absolute Gasteiger partial charge is 0.122 e. The minimum absolute atomic E-state index is 0.749. The lowest BCUT2D eigenvalue weighted by molar-refractivity contribution is 0.156. The number of rotatable bonds is 8. The number of furan rings is 1. The Morgan fingerprint density at radius 3 is 2.67 bits per heavy atom. The topological polar surface area (TPSA) is 28.4 Å². The van der Waals surface area contributed by atoms with Crippen molar-refractivity contribution in [1.82, 2.24) is 10.2 Å². The summed E-state index contributed by atoms with van der Waals surface area (Å²) in [5, 5.41) is 3.43. The molecule has 1 aromatic heterocycles. The zero-order valence-corrected chi connectivity index (χ0v) is 14.0. The van der Waals surface area contributed by atoms with Crippen LogP contribution in [-0.4, -0.2) is 24.5 Å². The Labute approximate surface area is 130 Å². The minimum Gasteiger partial charge on any atom is -0.468 e. The molecule has 0 amide bonds. The van der Waals surface area contributed by atoms with Crippen LogP contribution < -0.4 is 5.32 Å². The van der Waals surface area contributed by atoms with Crippen molar-refractivity contribution in [3.05, 3.63) is 23.7 Å². The summed E-state index contributed by atoms with van der Waals surface area (Å²) in [5.74, 6) is 2.08. The largest absolute Gasteiger partial charge is 0.468 e. The van der Waals surface area contributed by atoms with Gasteiger partial charge < -0.3 is 9.73 Å². The van der Waals surface area contributed by atoms with Crippen molar-refractivity contribution in [1.29, 1.82) is 0 Å². The third-order valence-electron chi connectivity index (χ3n) is 4.99. The van der Waals surface area contributed by atoms with Crippen LogP contribution in [0.2, 0.25) is 0 Å². The molecular formula is C18H32N2O. The van der Waals surface area contributed by atoms with Crippen LogP contribution in [0.3, 0.4) is 0 Å². The molecular weight excluding hydrogens is 260 g/mol. The van der Waals surface area contributed by atoms with Crippen LogP contribution >= 0.6 is 0 Å². The van der Waals surface area contributed by atoms with E-state index in [1.165, 1.54) is 37.7 Å². The predicted molar refractivity (Wildman–Crippen MR) is 88.2 cm³/mol. The molecule has 0 radical (unpaired) electrons. The Bertz CT molecular complexity index is 394. The fourth-order valence-electron chi connectivity index (χ4n) is 3.43. The maximum absolute atomic E-state index is 5.64. The lowest BCUT2D eigenvalue weighted by atomic mass is 9.84. The van der Waals surface area contributed by atoms with E-state index in [1.54, 1.807) is 0 Å². The van der Waals surface area contributed by atoms with Gasteiger partial charge in [0.15, 0.2) is 0 Å². The Kier molecular flexibility index (Phi) is 6.78. The molecule has 1 aromatic rings. The first-order chi connectivity index (χ1) is 10.2. The molecule has 120 valence electrons. The number of nitrogens with zero attached hydrogens (tertiary/aromatic N) is 1. The molecule has 0 unspecified atom stereocenters. The second-order valence-electron chi connectivity index (χ2n) is 6.54. The van der Waals surface area contributed by atoms with E-state index >= 15 is 0 Å². The van der Waals surface area contributed by atoms with Crippen molar-refractivity contribution in [3.63, 3.8) is 0 Å². The van der Waals surface area contributed by atoms with E-state index in [1.807, 2.05) is 6.26 Å². The maximum Gasteiger partial charge on any atom is 0.122 e. The van der Waals surface area contributed by atoms with Crippen molar-refractivity contribution >= 4 is 0 Å². The summed E-state index contributed by atoms with van der Waals surface area (Å²) in [7, 11) is 2.27. The monoisotopic (exact) mass is 292 g/mol. The molecule has 21 heavy (non-hydrogen) atoms.